The van der Waals surface area contributed by atoms with Gasteiger partial charge in [0, 0.05) is 28.8 Å². The third-order valence-electron chi connectivity index (χ3n) is 7.97. The summed E-state index contributed by atoms with van der Waals surface area (Å²) in [6.07, 6.45) is 13.1. The lowest BCUT2D eigenvalue weighted by atomic mass is 9.75. The Kier molecular flexibility index (Phi) is 5.40. The second-order valence-electron chi connectivity index (χ2n) is 10.2. The maximum absolute atomic E-state index is 13.9. The molecule has 5 rings (SSSR count). The molecule has 4 atom stereocenters. The zero-order valence-electron chi connectivity index (χ0n) is 19.0. The Hall–Kier alpha value is -3.26. The van der Waals surface area contributed by atoms with Crippen LogP contribution < -0.4 is 5.32 Å². The topological polar surface area (TPSA) is 54.9 Å². The molecule has 4 nitrogen and oxygen atoms in total. The monoisotopic (exact) mass is 441 g/mol. The number of carbonyl (C=O) groups is 1. The number of halogens is 1. The van der Waals surface area contributed by atoms with Crippen molar-refractivity contribution in [2.24, 2.45) is 23.2 Å². The molecule has 2 aliphatic rings. The number of pyridine rings is 2. The molecule has 5 heteroatoms. The van der Waals surface area contributed by atoms with Crippen molar-refractivity contribution in [3.63, 3.8) is 0 Å². The first-order valence-corrected chi connectivity index (χ1v) is 11.6. The van der Waals surface area contributed by atoms with Crippen molar-refractivity contribution in [1.29, 1.82) is 0 Å². The van der Waals surface area contributed by atoms with Gasteiger partial charge in [0.05, 0.1) is 5.52 Å². The molecule has 0 bridgehead atoms. The summed E-state index contributed by atoms with van der Waals surface area (Å²) < 4.78 is 13.9. The second-order valence-corrected chi connectivity index (χ2v) is 10.2. The summed E-state index contributed by atoms with van der Waals surface area (Å²) in [7, 11) is 0. The second kappa shape index (κ2) is 8.26. The number of carbonyl (C=O) groups excluding carboxylic acids is 1. The molecule has 2 unspecified atom stereocenters. The minimum Gasteiger partial charge on any atom is -0.310 e. The largest absolute Gasteiger partial charge is 0.310 e. The first kappa shape index (κ1) is 21.6. The van der Waals surface area contributed by atoms with Gasteiger partial charge in [-0.3, -0.25) is 9.78 Å². The van der Waals surface area contributed by atoms with Gasteiger partial charge in [-0.25, -0.2) is 9.37 Å². The van der Waals surface area contributed by atoms with Crippen LogP contribution in [0.1, 0.15) is 56.6 Å². The summed E-state index contributed by atoms with van der Waals surface area (Å²) in [5.74, 6) is 4.78. The van der Waals surface area contributed by atoms with Crippen molar-refractivity contribution in [1.82, 2.24) is 9.97 Å². The number of anilines is 1. The first-order valence-electron chi connectivity index (χ1n) is 11.6. The van der Waals surface area contributed by atoms with E-state index in [2.05, 4.69) is 27.3 Å². The van der Waals surface area contributed by atoms with Crippen LogP contribution in [0, 0.1) is 41.3 Å². The third kappa shape index (κ3) is 3.99. The fourth-order valence-corrected chi connectivity index (χ4v) is 5.97. The quantitative estimate of drug-likeness (QED) is 0.510. The van der Waals surface area contributed by atoms with E-state index in [4.69, 9.17) is 6.42 Å². The lowest BCUT2D eigenvalue weighted by molar-refractivity contribution is -0.126. The van der Waals surface area contributed by atoms with Crippen molar-refractivity contribution in [3.8, 4) is 12.3 Å². The predicted octanol–water partition coefficient (Wildman–Crippen LogP) is 5.93. The smallest absolute Gasteiger partial charge is 0.231 e. The molecule has 0 spiro atoms. The highest BCUT2D eigenvalue weighted by Crippen LogP contribution is 2.56. The zero-order valence-corrected chi connectivity index (χ0v) is 19.0. The number of nitrogens with zero attached hydrogens (tertiary/aromatic N) is 2. The average molecular weight is 442 g/mol. The summed E-state index contributed by atoms with van der Waals surface area (Å²) in [5, 5.41) is 3.91. The maximum Gasteiger partial charge on any atom is 0.231 e. The molecule has 2 saturated carbocycles. The van der Waals surface area contributed by atoms with Gasteiger partial charge in [-0.05, 0) is 91.3 Å². The van der Waals surface area contributed by atoms with Crippen molar-refractivity contribution >= 4 is 22.6 Å². The van der Waals surface area contributed by atoms with E-state index in [9.17, 15) is 9.18 Å². The van der Waals surface area contributed by atoms with E-state index >= 15 is 0 Å². The molecule has 0 radical (unpaired) electrons. The van der Waals surface area contributed by atoms with Crippen LogP contribution in [0.3, 0.4) is 0 Å². The van der Waals surface area contributed by atoms with Gasteiger partial charge in [-0.15, -0.1) is 6.42 Å². The number of amides is 1. The number of hydrogen-bond donors (Lipinski definition) is 1. The molecule has 3 aromatic rings. The van der Waals surface area contributed by atoms with Crippen molar-refractivity contribution < 1.29 is 9.18 Å². The van der Waals surface area contributed by atoms with Crippen LogP contribution in [0.2, 0.25) is 0 Å². The number of benzene rings is 1. The van der Waals surface area contributed by atoms with E-state index in [0.717, 1.165) is 36.6 Å². The molecule has 1 aromatic carbocycles. The minimum absolute atomic E-state index is 0.000541. The molecule has 33 heavy (non-hydrogen) atoms. The number of nitrogens with one attached hydrogen (secondary N) is 1. The van der Waals surface area contributed by atoms with Gasteiger partial charge >= 0.3 is 0 Å². The number of aromatic nitrogens is 2. The van der Waals surface area contributed by atoms with E-state index in [-0.39, 0.29) is 11.7 Å². The molecule has 0 saturated heterocycles. The van der Waals surface area contributed by atoms with E-state index in [0.29, 0.717) is 35.1 Å². The Balaban J connectivity index is 1.27. The van der Waals surface area contributed by atoms with Gasteiger partial charge in [0.25, 0.3) is 0 Å². The molecule has 2 aliphatic carbocycles. The van der Waals surface area contributed by atoms with Gasteiger partial charge in [0.2, 0.25) is 5.91 Å². The van der Waals surface area contributed by atoms with Gasteiger partial charge in [-0.2, -0.15) is 0 Å². The maximum atomic E-state index is 13.9. The van der Waals surface area contributed by atoms with Crippen molar-refractivity contribution in [3.05, 3.63) is 65.7 Å². The lowest BCUT2D eigenvalue weighted by Gasteiger charge is -2.31. The minimum atomic E-state index is -0.487. The third-order valence-corrected chi connectivity index (χ3v) is 7.97. The van der Waals surface area contributed by atoms with Crippen LogP contribution in [0.15, 0.2) is 48.8 Å². The molecule has 0 aliphatic heterocycles. The Bertz CT molecular complexity index is 1230. The van der Waals surface area contributed by atoms with E-state index in [1.54, 1.807) is 30.5 Å². The van der Waals surface area contributed by atoms with Crippen molar-refractivity contribution in [2.45, 2.75) is 45.4 Å². The highest BCUT2D eigenvalue weighted by molar-refractivity contribution is 5.94. The van der Waals surface area contributed by atoms with Gasteiger partial charge in [0.1, 0.15) is 11.6 Å². The Morgan fingerprint density at radius 3 is 2.52 bits per heavy atom. The number of hydrogen-bond acceptors (Lipinski definition) is 3. The number of fused-ring (bicyclic) bond motifs is 2. The van der Waals surface area contributed by atoms with Crippen LogP contribution in [-0.2, 0) is 4.79 Å². The van der Waals surface area contributed by atoms with Crippen LogP contribution >= 0.6 is 0 Å². The molecule has 168 valence electrons. The standard InChI is InChI=1S/C28H28FN3O/c1-4-17-5-8-26(31-16-17)32-27(33)28(2,3)21-13-18-11-20(12-19(18)14-21)23-9-10-30-25-7-6-22(29)15-24(23)25/h1,5-10,15-16,18-21H,11-14H2,2-3H3,(H,31,32,33)/t18-,19+,20?,21?. The van der Waals surface area contributed by atoms with Gasteiger partial charge in [0.15, 0.2) is 0 Å². The van der Waals surface area contributed by atoms with Gasteiger partial charge in [-0.1, -0.05) is 19.8 Å². The molecule has 2 fully saturated rings. The predicted molar refractivity (Wildman–Crippen MR) is 128 cm³/mol. The highest BCUT2D eigenvalue weighted by Gasteiger charge is 2.49. The number of terminal acetylenes is 1. The number of rotatable bonds is 4. The van der Waals surface area contributed by atoms with E-state index in [1.807, 2.05) is 20.0 Å². The average Bonchev–Trinajstić information content (AvgIpc) is 3.39. The summed E-state index contributed by atoms with van der Waals surface area (Å²) in [6, 6.07) is 10.4. The normalized spacial score (nSPS) is 24.4. The van der Waals surface area contributed by atoms with Crippen LogP contribution in [0.4, 0.5) is 10.2 Å². The van der Waals surface area contributed by atoms with E-state index in [1.165, 1.54) is 11.6 Å². The van der Waals surface area contributed by atoms with Gasteiger partial charge < -0.3 is 5.32 Å². The fourth-order valence-electron chi connectivity index (χ4n) is 5.97. The van der Waals surface area contributed by atoms with Crippen molar-refractivity contribution in [2.75, 3.05) is 5.32 Å². The Labute approximate surface area is 194 Å². The molecule has 1 amide bonds. The molecule has 1 N–H and O–H groups in total. The summed E-state index contributed by atoms with van der Waals surface area (Å²) in [4.78, 5) is 21.8. The lowest BCUT2D eigenvalue weighted by Crippen LogP contribution is -2.37. The van der Waals surface area contributed by atoms with E-state index < -0.39 is 5.41 Å². The summed E-state index contributed by atoms with van der Waals surface area (Å²) >= 11 is 0. The van der Waals surface area contributed by atoms with Crippen LogP contribution in [0.5, 0.6) is 0 Å². The first-order chi connectivity index (χ1) is 15.8. The molecule has 2 aromatic heterocycles. The molecular weight excluding hydrogens is 413 g/mol. The fraction of sp³-hybridized carbons (Fsp3) is 0.393. The molecule has 2 heterocycles. The zero-order chi connectivity index (χ0) is 23.2. The highest BCUT2D eigenvalue weighted by atomic mass is 19.1. The summed E-state index contributed by atoms with van der Waals surface area (Å²) in [5.41, 5.74) is 2.27. The Morgan fingerprint density at radius 2 is 1.85 bits per heavy atom. The molecular formula is C28H28FN3O. The van der Waals surface area contributed by atoms with Crippen LogP contribution in [0.25, 0.3) is 10.9 Å². The SMILES string of the molecule is C#Cc1ccc(NC(=O)C(C)(C)C2C[C@H]3CC(c4ccnc5ccc(F)cc45)C[C@H]3C2)nc1. The Morgan fingerprint density at radius 1 is 1.09 bits per heavy atom. The summed E-state index contributed by atoms with van der Waals surface area (Å²) in [6.45, 7) is 4.08. The van der Waals surface area contributed by atoms with Crippen LogP contribution in [-0.4, -0.2) is 15.9 Å².